The topological polar surface area (TPSA) is 32.8 Å². The first-order valence-electron chi connectivity index (χ1n) is 23.7. The van der Waals surface area contributed by atoms with Gasteiger partial charge in [-0.05, 0) is 106 Å². The Morgan fingerprint density at radius 3 is 1.87 bits per heavy atom. The number of furan rings is 2. The SMILES string of the molecule is CC1CC=c2c(oc3c(N(c4ccc5c(c4)C(C)(C)c4ccccc4-5)c4ccccc4-c4ccccc4)cccc23)=C1N(c1ccc(-c2ccccc2)cc1)c1ccc2oc3ccccc3c2c1. The molecule has 68 heavy (non-hydrogen) atoms. The Bertz CT molecular complexity index is 3880. The quantitative estimate of drug-likeness (QED) is 0.152. The van der Waals surface area contributed by atoms with Crippen LogP contribution < -0.4 is 20.4 Å². The van der Waals surface area contributed by atoms with Crippen molar-refractivity contribution >= 4 is 73.1 Å². The zero-order valence-electron chi connectivity index (χ0n) is 38.3. The molecule has 13 rings (SSSR count). The standard InChI is InChI=1S/C64H48N2O2/c1-41-29-36-53-52-24-16-27-58(66(57-26-14-11-21-48(57)44-19-8-5-9-20-44)47-34-37-50-49-22-10-13-25-55(49)64(2,3)56(50)40-47)62(52)68-63(53)61(41)65(45-32-30-43(31-33-45)42-17-6-4-7-18-42)46-35-38-60-54(39-46)51-23-12-15-28-59(51)67-60/h4-28,30-41H,29H2,1-3H3. The average molecular weight is 877 g/mol. The molecule has 0 spiro atoms. The number of nitrogens with zero attached hydrogens (tertiary/aromatic N) is 2. The molecule has 2 aliphatic rings. The first kappa shape index (κ1) is 40.0. The Labute approximate surface area is 396 Å². The van der Waals surface area contributed by atoms with Gasteiger partial charge in [0.25, 0.3) is 0 Å². The fraction of sp³-hybridized carbons (Fsp3) is 0.0938. The Kier molecular flexibility index (Phi) is 9.20. The molecule has 0 fully saturated rings. The molecule has 326 valence electrons. The number of hydrogen-bond donors (Lipinski definition) is 0. The van der Waals surface area contributed by atoms with E-state index in [1.807, 2.05) is 12.1 Å². The van der Waals surface area contributed by atoms with Crippen molar-refractivity contribution in [2.45, 2.75) is 32.6 Å². The molecule has 1 atom stereocenters. The molecule has 1 unspecified atom stereocenters. The molecule has 4 nitrogen and oxygen atoms in total. The zero-order chi connectivity index (χ0) is 45.5. The van der Waals surface area contributed by atoms with Crippen molar-refractivity contribution in [1.29, 1.82) is 0 Å². The maximum atomic E-state index is 7.55. The zero-order valence-corrected chi connectivity index (χ0v) is 38.3. The fourth-order valence-electron chi connectivity index (χ4n) is 11.1. The highest BCUT2D eigenvalue weighted by Crippen LogP contribution is 2.52. The Morgan fingerprint density at radius 2 is 1.04 bits per heavy atom. The van der Waals surface area contributed by atoms with Gasteiger partial charge in [-0.2, -0.15) is 0 Å². The molecule has 0 N–H and O–H groups in total. The van der Waals surface area contributed by atoms with Crippen molar-refractivity contribution in [3.05, 3.63) is 234 Å². The van der Waals surface area contributed by atoms with E-state index in [1.54, 1.807) is 0 Å². The van der Waals surface area contributed by atoms with Crippen LogP contribution in [0.3, 0.4) is 0 Å². The molecule has 2 heterocycles. The molecule has 0 saturated carbocycles. The molecule has 0 aliphatic heterocycles. The van der Waals surface area contributed by atoms with Gasteiger partial charge in [-0.25, -0.2) is 0 Å². The minimum Gasteiger partial charge on any atom is -0.456 e. The second-order valence-corrected chi connectivity index (χ2v) is 18.9. The summed E-state index contributed by atoms with van der Waals surface area (Å²) in [6.07, 6.45) is 3.25. The summed E-state index contributed by atoms with van der Waals surface area (Å²) >= 11 is 0. The lowest BCUT2D eigenvalue weighted by atomic mass is 9.82. The Hall–Kier alpha value is -8.34. The van der Waals surface area contributed by atoms with Gasteiger partial charge in [-0.3, -0.25) is 0 Å². The largest absolute Gasteiger partial charge is 0.456 e. The molecule has 0 bridgehead atoms. The predicted octanol–water partition coefficient (Wildman–Crippen LogP) is 16.2. The van der Waals surface area contributed by atoms with Gasteiger partial charge < -0.3 is 18.6 Å². The van der Waals surface area contributed by atoms with Crippen LogP contribution in [-0.2, 0) is 5.41 Å². The van der Waals surface area contributed by atoms with Crippen molar-refractivity contribution in [2.75, 3.05) is 9.80 Å². The van der Waals surface area contributed by atoms with Crippen LogP contribution in [0.25, 0.3) is 78.1 Å². The van der Waals surface area contributed by atoms with Crippen molar-refractivity contribution in [2.24, 2.45) is 5.92 Å². The van der Waals surface area contributed by atoms with E-state index < -0.39 is 0 Å². The summed E-state index contributed by atoms with van der Waals surface area (Å²) in [5, 5.41) is 4.40. The van der Waals surface area contributed by atoms with E-state index in [-0.39, 0.29) is 11.3 Å². The number of para-hydroxylation sites is 3. The van der Waals surface area contributed by atoms with Gasteiger partial charge in [0.15, 0.2) is 11.0 Å². The lowest BCUT2D eigenvalue weighted by molar-refractivity contribution is 0.555. The van der Waals surface area contributed by atoms with Crippen LogP contribution in [0.5, 0.6) is 0 Å². The number of benzene rings is 9. The van der Waals surface area contributed by atoms with Crippen LogP contribution in [0, 0.1) is 5.92 Å². The highest BCUT2D eigenvalue weighted by atomic mass is 16.3. The van der Waals surface area contributed by atoms with Gasteiger partial charge in [0.1, 0.15) is 11.2 Å². The molecule has 2 aliphatic carbocycles. The molecule has 11 aromatic rings. The van der Waals surface area contributed by atoms with Gasteiger partial charge in [0.2, 0.25) is 0 Å². The maximum absolute atomic E-state index is 7.55. The molecule has 0 amide bonds. The van der Waals surface area contributed by atoms with E-state index in [2.05, 4.69) is 237 Å². The van der Waals surface area contributed by atoms with Gasteiger partial charge >= 0.3 is 0 Å². The summed E-state index contributed by atoms with van der Waals surface area (Å²) in [7, 11) is 0. The van der Waals surface area contributed by atoms with Crippen molar-refractivity contribution in [3.8, 4) is 33.4 Å². The smallest absolute Gasteiger partial charge is 0.159 e. The summed E-state index contributed by atoms with van der Waals surface area (Å²) in [6.45, 7) is 7.03. The van der Waals surface area contributed by atoms with E-state index in [4.69, 9.17) is 8.83 Å². The number of rotatable bonds is 8. The van der Waals surface area contributed by atoms with Gasteiger partial charge in [-0.15, -0.1) is 0 Å². The summed E-state index contributed by atoms with van der Waals surface area (Å²) < 4.78 is 13.9. The monoisotopic (exact) mass is 876 g/mol. The summed E-state index contributed by atoms with van der Waals surface area (Å²) in [5.74, 6) is 0.132. The minimum atomic E-state index is -0.175. The lowest BCUT2D eigenvalue weighted by Gasteiger charge is -2.31. The van der Waals surface area contributed by atoms with E-state index >= 15 is 0 Å². The van der Waals surface area contributed by atoms with Crippen molar-refractivity contribution in [1.82, 2.24) is 0 Å². The van der Waals surface area contributed by atoms with Crippen LogP contribution in [0.1, 0.15) is 38.3 Å². The van der Waals surface area contributed by atoms with Crippen LogP contribution in [0.2, 0.25) is 0 Å². The first-order valence-corrected chi connectivity index (χ1v) is 23.7. The van der Waals surface area contributed by atoms with Crippen molar-refractivity contribution < 1.29 is 8.83 Å². The fourth-order valence-corrected chi connectivity index (χ4v) is 11.1. The highest BCUT2D eigenvalue weighted by molar-refractivity contribution is 6.07. The third-order valence-electron chi connectivity index (χ3n) is 14.5. The molecule has 4 heteroatoms. The third kappa shape index (κ3) is 6.28. The molecule has 2 aromatic heterocycles. The predicted molar refractivity (Wildman–Crippen MR) is 283 cm³/mol. The van der Waals surface area contributed by atoms with E-state index in [1.165, 1.54) is 33.4 Å². The number of anilines is 5. The second kappa shape index (κ2) is 15.6. The normalized spacial score (nSPS) is 14.7. The molecular weight excluding hydrogens is 829 g/mol. The van der Waals surface area contributed by atoms with Crippen LogP contribution in [-0.4, -0.2) is 0 Å². The van der Waals surface area contributed by atoms with Gasteiger partial charge in [0, 0.05) is 55.3 Å². The average Bonchev–Trinajstić information content (AvgIpc) is 4.03. The minimum absolute atomic E-state index is 0.132. The molecular formula is C64H48N2O2. The van der Waals surface area contributed by atoms with Gasteiger partial charge in [0.05, 0.1) is 17.1 Å². The lowest BCUT2D eigenvalue weighted by Crippen LogP contribution is -2.36. The maximum Gasteiger partial charge on any atom is 0.159 e. The third-order valence-corrected chi connectivity index (χ3v) is 14.5. The summed E-state index contributed by atoms with van der Waals surface area (Å²) in [6, 6.07) is 76.5. The highest BCUT2D eigenvalue weighted by Gasteiger charge is 2.36. The Morgan fingerprint density at radius 1 is 0.441 bits per heavy atom. The van der Waals surface area contributed by atoms with Crippen molar-refractivity contribution in [3.63, 3.8) is 0 Å². The molecule has 0 radical (unpaired) electrons. The number of hydrogen-bond acceptors (Lipinski definition) is 4. The van der Waals surface area contributed by atoms with Crippen LogP contribution >= 0.6 is 0 Å². The first-order chi connectivity index (χ1) is 33.4. The van der Waals surface area contributed by atoms with E-state index in [9.17, 15) is 0 Å². The summed E-state index contributed by atoms with van der Waals surface area (Å²) in [5.41, 5.74) is 19.6. The number of fused-ring (bicyclic) bond motifs is 9. The Balaban J connectivity index is 1.06. The van der Waals surface area contributed by atoms with Gasteiger partial charge in [-0.1, -0.05) is 179 Å². The van der Waals surface area contributed by atoms with E-state index in [0.717, 1.165) is 95.2 Å². The van der Waals surface area contributed by atoms with Crippen LogP contribution in [0.4, 0.5) is 28.4 Å². The molecule has 9 aromatic carbocycles. The second-order valence-electron chi connectivity index (χ2n) is 18.9. The summed E-state index contributed by atoms with van der Waals surface area (Å²) in [4.78, 5) is 4.86. The molecule has 0 saturated heterocycles. The van der Waals surface area contributed by atoms with E-state index in [0.29, 0.717) is 0 Å². The van der Waals surface area contributed by atoms with Crippen LogP contribution in [0.15, 0.2) is 221 Å².